The van der Waals surface area contributed by atoms with E-state index in [0.29, 0.717) is 10.4 Å². The van der Waals surface area contributed by atoms with Gasteiger partial charge in [-0.1, -0.05) is 11.6 Å². The van der Waals surface area contributed by atoms with Crippen molar-refractivity contribution in [2.24, 2.45) is 7.05 Å². The number of amides is 1. The second kappa shape index (κ2) is 7.42. The number of alkyl halides is 4. The zero-order chi connectivity index (χ0) is 18.9. The minimum Gasteiger partial charge on any atom is -0.350 e. The predicted molar refractivity (Wildman–Crippen MR) is 81.7 cm³/mol. The summed E-state index contributed by atoms with van der Waals surface area (Å²) in [5.41, 5.74) is -0.438. The summed E-state index contributed by atoms with van der Waals surface area (Å²) < 4.78 is 54.1. The van der Waals surface area contributed by atoms with Crippen LogP contribution in [0.25, 0.3) is 0 Å². The number of hydrogen-bond acceptors (Lipinski definition) is 3. The van der Waals surface area contributed by atoms with E-state index in [2.05, 4.69) is 15.5 Å². The average molecular weight is 382 g/mol. The summed E-state index contributed by atoms with van der Waals surface area (Å²) in [5, 5.41) is 9.24. The van der Waals surface area contributed by atoms with Gasteiger partial charge in [0, 0.05) is 25.4 Å². The van der Waals surface area contributed by atoms with Crippen molar-refractivity contribution < 1.29 is 22.4 Å². The largest absolute Gasteiger partial charge is 0.350 e. The fraction of sp³-hybridized carbons (Fsp3) is 0.500. The molecule has 1 atom stereocenters. The Morgan fingerprint density at radius 1 is 1.28 bits per heavy atom. The third-order valence-corrected chi connectivity index (χ3v) is 4.03. The van der Waals surface area contributed by atoms with E-state index in [9.17, 15) is 22.4 Å². The summed E-state index contributed by atoms with van der Waals surface area (Å²) in [4.78, 5) is 12.2. The molecular weight excluding hydrogens is 366 g/mol. The van der Waals surface area contributed by atoms with Crippen molar-refractivity contribution in [3.63, 3.8) is 0 Å². The van der Waals surface area contributed by atoms with Crippen molar-refractivity contribution in [2.75, 3.05) is 0 Å². The molecule has 0 spiro atoms. The van der Waals surface area contributed by atoms with E-state index >= 15 is 0 Å². The van der Waals surface area contributed by atoms with Crippen LogP contribution in [0, 0.1) is 6.92 Å². The maximum atomic E-state index is 13.2. The highest BCUT2D eigenvalue weighted by Gasteiger charge is 2.31. The molecule has 0 aliphatic heterocycles. The van der Waals surface area contributed by atoms with Crippen LogP contribution in [0.5, 0.6) is 0 Å². The summed E-state index contributed by atoms with van der Waals surface area (Å²) in [7, 11) is 1.72. The molecule has 2 aromatic heterocycles. The summed E-state index contributed by atoms with van der Waals surface area (Å²) in [5.74, 6) is -0.662. The van der Waals surface area contributed by atoms with Gasteiger partial charge in [-0.2, -0.15) is 10.2 Å². The zero-order valence-electron chi connectivity index (χ0n) is 13.6. The monoisotopic (exact) mass is 381 g/mol. The highest BCUT2D eigenvalue weighted by Crippen LogP contribution is 2.36. The molecule has 6 nitrogen and oxygen atoms in total. The first-order valence-electron chi connectivity index (χ1n) is 7.24. The van der Waals surface area contributed by atoms with Gasteiger partial charge in [-0.05, 0) is 13.8 Å². The van der Waals surface area contributed by atoms with Gasteiger partial charge in [0.25, 0.3) is 12.9 Å². The number of hydrogen-bond donors (Lipinski definition) is 1. The molecule has 0 aliphatic rings. The summed E-state index contributed by atoms with van der Waals surface area (Å²) in [6.45, 7) is 3.14. The fourth-order valence-corrected chi connectivity index (χ4v) is 2.63. The molecule has 0 saturated heterocycles. The van der Waals surface area contributed by atoms with E-state index in [0.717, 1.165) is 5.56 Å². The lowest BCUT2D eigenvalue weighted by Crippen LogP contribution is -2.32. The Balaban J connectivity index is 2.21. The molecule has 2 rings (SSSR count). The number of aromatic nitrogens is 4. The molecule has 0 radical (unpaired) electrons. The van der Waals surface area contributed by atoms with Crippen LogP contribution in [0.1, 0.15) is 48.5 Å². The molecule has 0 fully saturated rings. The Bertz CT molecular complexity index is 774. The van der Waals surface area contributed by atoms with Gasteiger partial charge in [0.2, 0.25) is 5.91 Å². The third-order valence-electron chi connectivity index (χ3n) is 3.64. The van der Waals surface area contributed by atoms with Crippen LogP contribution in [-0.2, 0) is 18.4 Å². The minimum atomic E-state index is -3.15. The maximum Gasteiger partial charge on any atom is 0.283 e. The normalized spacial score (nSPS) is 12.9. The van der Waals surface area contributed by atoms with Crippen molar-refractivity contribution in [3.05, 3.63) is 33.9 Å². The first-order chi connectivity index (χ1) is 11.6. The predicted octanol–water partition coefficient (Wildman–Crippen LogP) is 3.33. The lowest BCUT2D eigenvalue weighted by molar-refractivity contribution is -0.124. The smallest absolute Gasteiger partial charge is 0.283 e. The highest BCUT2D eigenvalue weighted by molar-refractivity contribution is 6.32. The lowest BCUT2D eigenvalue weighted by atomic mass is 10.2. The first kappa shape index (κ1) is 19.2. The number of carbonyl (C=O) groups is 1. The van der Waals surface area contributed by atoms with Gasteiger partial charge >= 0.3 is 0 Å². The van der Waals surface area contributed by atoms with E-state index in [-0.39, 0.29) is 6.54 Å². The summed E-state index contributed by atoms with van der Waals surface area (Å²) in [6.07, 6.45) is -4.58. The number of nitrogens with one attached hydrogen (secondary N) is 1. The Labute approximate surface area is 145 Å². The molecule has 2 heterocycles. The van der Waals surface area contributed by atoms with E-state index in [1.807, 2.05) is 0 Å². The second-order valence-corrected chi connectivity index (χ2v) is 5.82. The quantitative estimate of drug-likeness (QED) is 0.781. The minimum absolute atomic E-state index is 0.115. The van der Waals surface area contributed by atoms with Crippen molar-refractivity contribution in [2.45, 2.75) is 39.3 Å². The Morgan fingerprint density at radius 2 is 1.92 bits per heavy atom. The summed E-state index contributed by atoms with van der Waals surface area (Å²) in [6, 6.07) is -1.24. The van der Waals surface area contributed by atoms with Gasteiger partial charge in [-0.25, -0.2) is 22.2 Å². The van der Waals surface area contributed by atoms with Crippen LogP contribution in [-0.4, -0.2) is 25.5 Å². The lowest BCUT2D eigenvalue weighted by Gasteiger charge is -2.15. The molecule has 25 heavy (non-hydrogen) atoms. The van der Waals surface area contributed by atoms with E-state index in [1.54, 1.807) is 24.9 Å². The van der Waals surface area contributed by atoms with Gasteiger partial charge in [0.15, 0.2) is 0 Å². The van der Waals surface area contributed by atoms with Gasteiger partial charge in [-0.3, -0.25) is 9.48 Å². The number of rotatable bonds is 6. The van der Waals surface area contributed by atoms with Gasteiger partial charge in [-0.15, -0.1) is 0 Å². The van der Waals surface area contributed by atoms with Gasteiger partial charge < -0.3 is 5.32 Å². The Hall–Kier alpha value is -2.10. The van der Waals surface area contributed by atoms with E-state index in [4.69, 9.17) is 11.6 Å². The number of carbonyl (C=O) groups excluding carboxylic acids is 1. The van der Waals surface area contributed by atoms with Crippen LogP contribution in [0.2, 0.25) is 5.02 Å². The van der Waals surface area contributed by atoms with E-state index in [1.165, 1.54) is 6.92 Å². The summed E-state index contributed by atoms with van der Waals surface area (Å²) >= 11 is 5.58. The number of aryl methyl sites for hydroxylation is 2. The van der Waals surface area contributed by atoms with E-state index < -0.39 is 41.2 Å². The number of nitrogens with zero attached hydrogens (tertiary/aromatic N) is 4. The van der Waals surface area contributed by atoms with Crippen molar-refractivity contribution in [1.82, 2.24) is 24.9 Å². The standard InChI is InChI=1S/C14H16ClF4N5O/c1-6-8(5-23(3)21-6)4-20-14(25)7(2)24-11(13(18)19)9(15)10(22-24)12(16)17/h5,7,12-13H,4H2,1-3H3,(H,20,25). The average Bonchev–Trinajstić information content (AvgIpc) is 3.03. The van der Waals surface area contributed by atoms with Gasteiger partial charge in [0.1, 0.15) is 17.4 Å². The van der Waals surface area contributed by atoms with Crippen molar-refractivity contribution in [1.29, 1.82) is 0 Å². The van der Waals surface area contributed by atoms with Crippen LogP contribution in [0.3, 0.4) is 0 Å². The molecule has 1 unspecified atom stereocenters. The Kier molecular flexibility index (Phi) is 5.71. The molecule has 0 aliphatic carbocycles. The molecule has 0 saturated carbocycles. The molecule has 0 aromatic carbocycles. The van der Waals surface area contributed by atoms with Gasteiger partial charge in [0.05, 0.1) is 10.7 Å². The highest BCUT2D eigenvalue weighted by atomic mass is 35.5. The Morgan fingerprint density at radius 3 is 2.40 bits per heavy atom. The van der Waals surface area contributed by atoms with Crippen molar-refractivity contribution >= 4 is 17.5 Å². The maximum absolute atomic E-state index is 13.2. The topological polar surface area (TPSA) is 64.7 Å². The zero-order valence-corrected chi connectivity index (χ0v) is 14.4. The van der Waals surface area contributed by atoms with Crippen LogP contribution in [0.15, 0.2) is 6.20 Å². The molecule has 0 bridgehead atoms. The first-order valence-corrected chi connectivity index (χ1v) is 7.62. The van der Waals surface area contributed by atoms with Crippen molar-refractivity contribution in [3.8, 4) is 0 Å². The molecular formula is C14H16ClF4N5O. The molecule has 2 aromatic rings. The van der Waals surface area contributed by atoms with Crippen LogP contribution >= 0.6 is 11.6 Å². The number of halogens is 5. The fourth-order valence-electron chi connectivity index (χ4n) is 2.34. The molecule has 1 N–H and O–H groups in total. The van der Waals surface area contributed by atoms with Crippen LogP contribution in [0.4, 0.5) is 17.6 Å². The SMILES string of the molecule is Cc1nn(C)cc1CNC(=O)C(C)n1nc(C(F)F)c(Cl)c1C(F)F. The van der Waals surface area contributed by atoms with Crippen LogP contribution < -0.4 is 5.32 Å². The second-order valence-electron chi connectivity index (χ2n) is 5.44. The molecule has 1 amide bonds. The third kappa shape index (κ3) is 3.94. The molecule has 138 valence electrons. The molecule has 11 heteroatoms.